The number of thiophene rings is 1. The first-order valence-corrected chi connectivity index (χ1v) is 7.92. The van der Waals surface area contributed by atoms with Gasteiger partial charge >= 0.3 is 0 Å². The summed E-state index contributed by atoms with van der Waals surface area (Å²) in [6.07, 6.45) is 0. The smallest absolute Gasteiger partial charge is 0.207 e. The van der Waals surface area contributed by atoms with E-state index >= 15 is 0 Å². The van der Waals surface area contributed by atoms with Gasteiger partial charge in [0.25, 0.3) is 0 Å². The second kappa shape index (κ2) is 5.22. The van der Waals surface area contributed by atoms with Crippen LogP contribution in [0.3, 0.4) is 0 Å². The minimum absolute atomic E-state index is 0.347. The maximum absolute atomic E-state index is 12.3. The van der Waals surface area contributed by atoms with E-state index in [4.69, 9.17) is 0 Å². The lowest BCUT2D eigenvalue weighted by molar-refractivity contribution is 0.467. The predicted molar refractivity (Wildman–Crippen MR) is 74.2 cm³/mol. The van der Waals surface area contributed by atoms with Crippen LogP contribution in [-0.2, 0) is 16.6 Å². The van der Waals surface area contributed by atoms with E-state index < -0.39 is 10.0 Å². The van der Waals surface area contributed by atoms with Crippen LogP contribution >= 0.6 is 11.3 Å². The first kappa shape index (κ1) is 13.3. The van der Waals surface area contributed by atoms with Gasteiger partial charge in [-0.25, -0.2) is 8.42 Å². The molecule has 1 aromatic carbocycles. The maximum atomic E-state index is 12.3. The first-order chi connectivity index (χ1) is 8.50. The number of hydrogen-bond donors (Lipinski definition) is 0. The fourth-order valence-electron chi connectivity index (χ4n) is 1.68. The number of benzene rings is 1. The van der Waals surface area contributed by atoms with Crippen LogP contribution in [-0.4, -0.2) is 19.8 Å². The van der Waals surface area contributed by atoms with E-state index in [0.29, 0.717) is 11.4 Å². The van der Waals surface area contributed by atoms with Crippen molar-refractivity contribution in [1.29, 1.82) is 0 Å². The number of aryl methyl sites for hydroxylation is 1. The van der Waals surface area contributed by atoms with Crippen molar-refractivity contribution in [2.45, 2.75) is 18.4 Å². The number of sulfonamides is 1. The molecule has 0 spiro atoms. The Morgan fingerprint density at radius 2 is 2.06 bits per heavy atom. The van der Waals surface area contributed by atoms with Crippen molar-refractivity contribution < 1.29 is 8.42 Å². The normalized spacial score (nSPS) is 11.9. The number of hydrogen-bond acceptors (Lipinski definition) is 3. The van der Waals surface area contributed by atoms with E-state index in [2.05, 4.69) is 0 Å². The number of rotatable bonds is 4. The van der Waals surface area contributed by atoms with E-state index in [-0.39, 0.29) is 0 Å². The van der Waals surface area contributed by atoms with E-state index in [1.54, 1.807) is 36.6 Å². The van der Waals surface area contributed by atoms with Gasteiger partial charge in [0.05, 0.1) is 4.90 Å². The van der Waals surface area contributed by atoms with E-state index in [9.17, 15) is 8.42 Å². The fourth-order valence-corrected chi connectivity index (χ4v) is 3.60. The highest BCUT2D eigenvalue weighted by Crippen LogP contribution is 2.18. The Balaban J connectivity index is 2.25. The second-order valence-corrected chi connectivity index (χ2v) is 7.03. The minimum atomic E-state index is -3.40. The van der Waals surface area contributed by atoms with Crippen LogP contribution in [0.25, 0.3) is 0 Å². The zero-order valence-corrected chi connectivity index (χ0v) is 12.0. The second-order valence-electron chi connectivity index (χ2n) is 4.21. The SMILES string of the molecule is Cc1cccc(S(=O)(=O)N(C)Cc2ccsc2)c1. The van der Waals surface area contributed by atoms with Crippen molar-refractivity contribution in [1.82, 2.24) is 4.31 Å². The highest BCUT2D eigenvalue weighted by Gasteiger charge is 2.20. The Morgan fingerprint density at radius 3 is 2.67 bits per heavy atom. The summed E-state index contributed by atoms with van der Waals surface area (Å²) in [5.41, 5.74) is 1.96. The van der Waals surface area contributed by atoms with Gasteiger partial charge in [0.2, 0.25) is 10.0 Å². The standard InChI is InChI=1S/C13H15NO2S2/c1-11-4-3-5-13(8-11)18(15,16)14(2)9-12-6-7-17-10-12/h3-8,10H,9H2,1-2H3. The summed E-state index contributed by atoms with van der Waals surface area (Å²) < 4.78 is 26.1. The van der Waals surface area contributed by atoms with Gasteiger partial charge in [0, 0.05) is 13.6 Å². The molecule has 5 heteroatoms. The Kier molecular flexibility index (Phi) is 3.85. The van der Waals surface area contributed by atoms with Crippen LogP contribution in [0.1, 0.15) is 11.1 Å². The van der Waals surface area contributed by atoms with Crippen molar-refractivity contribution in [3.8, 4) is 0 Å². The van der Waals surface area contributed by atoms with Gasteiger partial charge in [0.1, 0.15) is 0 Å². The fraction of sp³-hybridized carbons (Fsp3) is 0.231. The van der Waals surface area contributed by atoms with Crippen molar-refractivity contribution in [2.24, 2.45) is 0 Å². The molecule has 0 N–H and O–H groups in total. The highest BCUT2D eigenvalue weighted by atomic mass is 32.2. The zero-order chi connectivity index (χ0) is 13.2. The third kappa shape index (κ3) is 2.80. The lowest BCUT2D eigenvalue weighted by atomic mass is 10.2. The maximum Gasteiger partial charge on any atom is 0.243 e. The molecule has 0 aliphatic rings. The summed E-state index contributed by atoms with van der Waals surface area (Å²) in [7, 11) is -1.79. The minimum Gasteiger partial charge on any atom is -0.207 e. The first-order valence-electron chi connectivity index (χ1n) is 5.54. The van der Waals surface area contributed by atoms with Gasteiger partial charge in [-0.15, -0.1) is 0 Å². The van der Waals surface area contributed by atoms with Gasteiger partial charge in [-0.3, -0.25) is 0 Å². The molecule has 1 heterocycles. The molecular weight excluding hydrogens is 266 g/mol. The summed E-state index contributed by atoms with van der Waals surface area (Å²) in [6.45, 7) is 2.29. The van der Waals surface area contributed by atoms with Crippen molar-refractivity contribution in [3.63, 3.8) is 0 Å². The lowest BCUT2D eigenvalue weighted by Crippen LogP contribution is -2.26. The molecule has 0 aliphatic heterocycles. The van der Waals surface area contributed by atoms with E-state index in [1.807, 2.05) is 29.8 Å². The third-order valence-electron chi connectivity index (χ3n) is 2.68. The molecule has 96 valence electrons. The summed E-state index contributed by atoms with van der Waals surface area (Å²) in [5, 5.41) is 3.91. The van der Waals surface area contributed by atoms with Gasteiger partial charge in [-0.2, -0.15) is 15.6 Å². The highest BCUT2D eigenvalue weighted by molar-refractivity contribution is 7.89. The summed E-state index contributed by atoms with van der Waals surface area (Å²) in [5.74, 6) is 0. The van der Waals surface area contributed by atoms with Crippen LogP contribution in [0, 0.1) is 6.92 Å². The van der Waals surface area contributed by atoms with Gasteiger partial charge in [-0.05, 0) is 47.0 Å². The van der Waals surface area contributed by atoms with Crippen LogP contribution in [0.4, 0.5) is 0 Å². The van der Waals surface area contributed by atoms with Crippen LogP contribution in [0.2, 0.25) is 0 Å². The quantitative estimate of drug-likeness (QED) is 0.864. The molecule has 0 amide bonds. The van der Waals surface area contributed by atoms with Crippen LogP contribution in [0.5, 0.6) is 0 Å². The Labute approximate surface area is 112 Å². The molecule has 0 aliphatic carbocycles. The average molecular weight is 281 g/mol. The Bertz CT molecular complexity index is 618. The monoisotopic (exact) mass is 281 g/mol. The summed E-state index contributed by atoms with van der Waals surface area (Å²) >= 11 is 1.57. The lowest BCUT2D eigenvalue weighted by Gasteiger charge is -2.16. The van der Waals surface area contributed by atoms with Crippen molar-refractivity contribution >= 4 is 21.4 Å². The van der Waals surface area contributed by atoms with Gasteiger partial charge in [0.15, 0.2) is 0 Å². The molecule has 0 saturated heterocycles. The molecule has 0 fully saturated rings. The molecule has 1 aromatic heterocycles. The molecule has 18 heavy (non-hydrogen) atoms. The molecular formula is C13H15NO2S2. The summed E-state index contributed by atoms with van der Waals surface area (Å²) in [6, 6.07) is 8.91. The largest absolute Gasteiger partial charge is 0.243 e. The number of nitrogens with zero attached hydrogens (tertiary/aromatic N) is 1. The Hall–Kier alpha value is -1.17. The molecule has 2 aromatic rings. The molecule has 2 rings (SSSR count). The third-order valence-corrected chi connectivity index (χ3v) is 5.21. The van der Waals surface area contributed by atoms with E-state index in [1.165, 1.54) is 4.31 Å². The molecule has 0 unspecified atom stereocenters. The molecule has 0 saturated carbocycles. The van der Waals surface area contributed by atoms with E-state index in [0.717, 1.165) is 11.1 Å². The van der Waals surface area contributed by atoms with Crippen LogP contribution < -0.4 is 0 Å². The average Bonchev–Trinajstić information content (AvgIpc) is 2.81. The van der Waals surface area contributed by atoms with Crippen LogP contribution in [0.15, 0.2) is 46.0 Å². The topological polar surface area (TPSA) is 37.4 Å². The molecule has 0 bridgehead atoms. The van der Waals surface area contributed by atoms with Gasteiger partial charge < -0.3 is 0 Å². The summed E-state index contributed by atoms with van der Waals surface area (Å²) in [4.78, 5) is 0.347. The van der Waals surface area contributed by atoms with Crippen molar-refractivity contribution in [3.05, 3.63) is 52.2 Å². The predicted octanol–water partition coefficient (Wildman–Crippen LogP) is 2.88. The van der Waals surface area contributed by atoms with Gasteiger partial charge in [-0.1, -0.05) is 12.1 Å². The zero-order valence-electron chi connectivity index (χ0n) is 10.3. The Morgan fingerprint density at radius 1 is 1.28 bits per heavy atom. The molecule has 0 atom stereocenters. The van der Waals surface area contributed by atoms with Crippen molar-refractivity contribution in [2.75, 3.05) is 7.05 Å². The molecule has 3 nitrogen and oxygen atoms in total. The molecule has 0 radical (unpaired) electrons.